The number of aliphatic hydroxyl groups is 18. The van der Waals surface area contributed by atoms with Crippen molar-refractivity contribution < 1.29 is 149 Å². The molecule has 12 bridgehead atoms. The van der Waals surface area contributed by atoms with Crippen molar-refractivity contribution >= 4 is 0 Å². The molecule has 18 N–H and O–H groups in total. The molecule has 0 saturated carbocycles. The number of hydrogen-bond donors (Lipinski definition) is 18. The van der Waals surface area contributed by atoms with Gasteiger partial charge in [-0.15, -0.1) is 0 Å². The van der Waals surface area contributed by atoms with E-state index >= 15 is 0 Å². The molecule has 32 atom stereocenters. The Hall–Kier alpha value is -2.22. The summed E-state index contributed by atoms with van der Waals surface area (Å²) in [6.45, 7) is -4.31. The molecular formula is C38H58N2O30. The first-order chi connectivity index (χ1) is 33.2. The second kappa shape index (κ2) is 23.1. The van der Waals surface area contributed by atoms with E-state index in [1.54, 1.807) is 0 Å². The number of hydrogen-bond acceptors (Lipinski definition) is 32. The Kier molecular flexibility index (Phi) is 18.3. The highest BCUT2D eigenvalue weighted by Crippen LogP contribution is 2.38. The van der Waals surface area contributed by atoms with Crippen LogP contribution in [0.15, 0.2) is 0 Å². The quantitative estimate of drug-likeness (QED) is 0.110. The van der Waals surface area contributed by atoms with Crippen molar-refractivity contribution in [3.8, 4) is 12.1 Å². The first-order valence-electron chi connectivity index (χ1n) is 21.9. The van der Waals surface area contributed by atoms with Crippen LogP contribution in [0.25, 0.3) is 0 Å². The Morgan fingerprint density at radius 2 is 0.471 bits per heavy atom. The predicted octanol–water partition coefficient (Wildman–Crippen LogP) is -13.3. The first-order valence-corrected chi connectivity index (χ1v) is 21.9. The van der Waals surface area contributed by atoms with Gasteiger partial charge in [0.15, 0.2) is 49.9 Å². The monoisotopic (exact) mass is 1020 g/mol. The predicted molar refractivity (Wildman–Crippen MR) is 205 cm³/mol. The molecule has 22 saturated heterocycles. The van der Waals surface area contributed by atoms with E-state index in [9.17, 15) is 102 Å². The summed E-state index contributed by atoms with van der Waals surface area (Å²) in [4.78, 5) is 0. The van der Waals surface area contributed by atoms with Gasteiger partial charge in [-0.2, -0.15) is 10.5 Å². The van der Waals surface area contributed by atoms with E-state index in [1.807, 2.05) is 0 Å². The largest absolute Gasteiger partial charge is 0.394 e. The molecule has 22 aliphatic rings. The Bertz CT molecular complexity index is 1650. The number of aliphatic hydroxyl groups excluding tert-OH is 18. The zero-order chi connectivity index (χ0) is 51.2. The molecule has 400 valence electrons. The molecule has 0 aromatic carbocycles. The fourth-order valence-corrected chi connectivity index (χ4v) is 9.18. The van der Waals surface area contributed by atoms with Gasteiger partial charge in [0.2, 0.25) is 0 Å². The summed E-state index contributed by atoms with van der Waals surface area (Å²) in [5.74, 6) is 0. The summed E-state index contributed by atoms with van der Waals surface area (Å²) in [5.41, 5.74) is 0. The van der Waals surface area contributed by atoms with Crippen LogP contribution in [0, 0.1) is 22.7 Å². The highest BCUT2D eigenvalue weighted by molar-refractivity contribution is 5.05. The summed E-state index contributed by atoms with van der Waals surface area (Å²) in [6.07, 6.45) is -67.5. The molecule has 22 aliphatic heterocycles. The molecule has 0 radical (unpaired) electrons. The zero-order valence-electron chi connectivity index (χ0n) is 36.1. The second-order valence-electron chi connectivity index (χ2n) is 17.5. The molecular weight excluding hydrogens is 964 g/mol. The minimum absolute atomic E-state index is 1.08. The zero-order valence-corrected chi connectivity index (χ0v) is 36.1. The number of rotatable bonds is 6. The Morgan fingerprint density at radius 1 is 0.286 bits per heavy atom. The maximum Gasteiger partial charge on any atom is 0.187 e. The molecule has 0 amide bonds. The lowest BCUT2D eigenvalue weighted by atomic mass is 9.93. The molecule has 0 unspecified atom stereocenters. The number of nitriles is 2. The van der Waals surface area contributed by atoms with Crippen LogP contribution < -0.4 is 0 Å². The summed E-state index contributed by atoms with van der Waals surface area (Å²) >= 11 is 0. The fourth-order valence-electron chi connectivity index (χ4n) is 9.18. The van der Waals surface area contributed by atoms with Gasteiger partial charge in [-0.1, -0.05) is 0 Å². The van der Waals surface area contributed by atoms with Crippen LogP contribution in [0.2, 0.25) is 0 Å². The molecule has 32 nitrogen and oxygen atoms in total. The molecule has 22 rings (SSSR count). The minimum atomic E-state index is -2.29. The van der Waals surface area contributed by atoms with Crippen LogP contribution >= 0.6 is 0 Å². The van der Waals surface area contributed by atoms with E-state index in [0.29, 0.717) is 0 Å². The lowest BCUT2D eigenvalue weighted by Gasteiger charge is -2.51. The summed E-state index contributed by atoms with van der Waals surface area (Å²) in [5, 5.41) is 217. The van der Waals surface area contributed by atoms with E-state index in [0.717, 1.165) is 0 Å². The van der Waals surface area contributed by atoms with Gasteiger partial charge >= 0.3 is 0 Å². The lowest BCUT2D eigenvalue weighted by molar-refractivity contribution is -0.405. The summed E-state index contributed by atoms with van der Waals surface area (Å²) in [6, 6.07) is 2.84. The van der Waals surface area contributed by atoms with E-state index in [4.69, 9.17) is 56.8 Å². The Morgan fingerprint density at radius 3 is 0.671 bits per heavy atom. The highest BCUT2D eigenvalue weighted by Gasteiger charge is 2.59. The van der Waals surface area contributed by atoms with Crippen LogP contribution in [0.4, 0.5) is 0 Å². The Labute approximate surface area is 394 Å². The lowest BCUT2D eigenvalue weighted by Crippen LogP contribution is -2.69. The molecule has 70 heavy (non-hydrogen) atoms. The molecule has 0 aromatic rings. The average Bonchev–Trinajstić information content (AvgIpc) is 3.35. The van der Waals surface area contributed by atoms with E-state index in [2.05, 4.69) is 0 Å². The molecule has 0 spiro atoms. The highest BCUT2D eigenvalue weighted by atomic mass is 16.8. The summed E-state index contributed by atoms with van der Waals surface area (Å²) < 4.78 is 67.6. The van der Waals surface area contributed by atoms with E-state index < -0.39 is 223 Å². The van der Waals surface area contributed by atoms with Gasteiger partial charge in [-0.3, -0.25) is 0 Å². The molecule has 0 aromatic heterocycles. The van der Waals surface area contributed by atoms with Gasteiger partial charge in [-0.25, -0.2) is 0 Å². The van der Waals surface area contributed by atoms with Gasteiger partial charge in [0.05, 0.1) is 38.6 Å². The second-order valence-corrected chi connectivity index (χ2v) is 17.5. The normalized spacial score (nSPS) is 53.5. The van der Waals surface area contributed by atoms with Crippen molar-refractivity contribution in [2.24, 2.45) is 0 Å². The van der Waals surface area contributed by atoms with Crippen molar-refractivity contribution in [1.82, 2.24) is 0 Å². The average molecular weight is 1020 g/mol. The number of nitrogens with zero attached hydrogens (tertiary/aromatic N) is 2. The molecule has 0 aliphatic carbocycles. The van der Waals surface area contributed by atoms with Crippen LogP contribution in [0.3, 0.4) is 0 Å². The smallest absolute Gasteiger partial charge is 0.187 e. The van der Waals surface area contributed by atoms with Crippen molar-refractivity contribution in [3.63, 3.8) is 0 Å². The van der Waals surface area contributed by atoms with Gasteiger partial charge < -0.3 is 149 Å². The molecule has 22 heterocycles. The van der Waals surface area contributed by atoms with Gasteiger partial charge in [0.1, 0.15) is 146 Å². The maximum absolute atomic E-state index is 11.3. The van der Waals surface area contributed by atoms with Crippen molar-refractivity contribution in [3.05, 3.63) is 0 Å². The minimum Gasteiger partial charge on any atom is -0.394 e. The molecule has 22 fully saturated rings. The third-order valence-electron chi connectivity index (χ3n) is 13.1. The standard InChI is InChI=1S/C38H58N2O30/c39-1-7(45)25-31-17(51)23(57)37(63-25)67-29-11(5-43)59-33(19(53)13(29)47)66-28-10(4-42)62-36(22(56)16(28)50)70-32-18(52)24(58)38(64-26(32)8(46)2-40)68-30-12(6-44)60-34(20(54)14(30)48)65-27-9(3-41)61-35(69-31)21(55)15(27)49/h7-38,41-58H,3-6H2/t7-,8-,9-,10-,11-,12-,13-,14-,15-,16-,17-,18-,19-,20-,21-,22-,23-,24-,25-,26-,27-,28-,29-,30-,31+,32+,33-,34-,35-,36-,37-,38-/m1/s1. The van der Waals surface area contributed by atoms with Crippen molar-refractivity contribution in [2.45, 2.75) is 196 Å². The fraction of sp³-hybridized carbons (Fsp3) is 0.947. The SMILES string of the molecule is N#C[C@@H](O)[C@H]1O[C@@H]2O[C@H]3[C@H](O)[C@@H](O)[C@@H](O[C@H]4[C@H](O)[C@@H](O)[C@@H](O[C@H]5[C@H](O)[C@@H](O)[C@H](O[C@@H]5[C@H](O)C#N)O[C@H]5[C@H](O)[C@@H](O)[C@@H](O[C@H]6[C@H](O)[C@@H](O)[C@@H](O[C@H]1[C@H](O)[C@H]2O)O[C@@H]6CO)O[C@@H]5CO)O[C@@H]4CO)O[C@@H]3CO. The first kappa shape index (κ1) is 55.5. The number of ether oxygens (including phenoxy) is 12. The maximum atomic E-state index is 11.3. The van der Waals surface area contributed by atoms with E-state index in [1.165, 1.54) is 12.1 Å². The van der Waals surface area contributed by atoms with Crippen LogP contribution in [-0.4, -0.2) is 315 Å². The van der Waals surface area contributed by atoms with Crippen LogP contribution in [0.1, 0.15) is 0 Å². The van der Waals surface area contributed by atoms with Crippen LogP contribution in [0.5, 0.6) is 0 Å². The Balaban J connectivity index is 1.23. The topological polar surface area (TPSA) is 522 Å². The van der Waals surface area contributed by atoms with Gasteiger partial charge in [0, 0.05) is 0 Å². The molecule has 32 heteroatoms. The van der Waals surface area contributed by atoms with Crippen molar-refractivity contribution in [2.75, 3.05) is 26.4 Å². The third kappa shape index (κ3) is 10.5. The summed E-state index contributed by atoms with van der Waals surface area (Å²) in [7, 11) is 0. The van der Waals surface area contributed by atoms with Gasteiger partial charge in [0.25, 0.3) is 0 Å². The third-order valence-corrected chi connectivity index (χ3v) is 13.1. The van der Waals surface area contributed by atoms with Crippen LogP contribution in [-0.2, 0) is 56.8 Å². The van der Waals surface area contributed by atoms with Crippen molar-refractivity contribution in [1.29, 1.82) is 10.5 Å². The van der Waals surface area contributed by atoms with E-state index in [-0.39, 0.29) is 0 Å². The van der Waals surface area contributed by atoms with Gasteiger partial charge in [-0.05, 0) is 0 Å².